The van der Waals surface area contributed by atoms with Gasteiger partial charge in [-0.3, -0.25) is 0 Å². The number of rotatable bonds is 4. The molecule has 18 heavy (non-hydrogen) atoms. The normalized spacial score (nSPS) is 13.4. The lowest BCUT2D eigenvalue weighted by molar-refractivity contribution is 0.568. The summed E-state index contributed by atoms with van der Waals surface area (Å²) in [5.74, 6) is 0. The first-order chi connectivity index (χ1) is 8.50. The number of sulfonamides is 1. The highest BCUT2D eigenvalue weighted by Gasteiger charge is 2.20. The van der Waals surface area contributed by atoms with Crippen LogP contribution in [0.5, 0.6) is 0 Å². The topological polar surface area (TPSA) is 46.2 Å². The second kappa shape index (κ2) is 5.52. The predicted molar refractivity (Wildman–Crippen MR) is 77.2 cm³/mol. The van der Waals surface area contributed by atoms with Crippen LogP contribution in [0.2, 0.25) is 0 Å². The smallest absolute Gasteiger partial charge is 0.206 e. The van der Waals surface area contributed by atoms with Crippen molar-refractivity contribution in [1.29, 1.82) is 0 Å². The lowest BCUT2D eigenvalue weighted by Gasteiger charge is -2.15. The summed E-state index contributed by atoms with van der Waals surface area (Å²) in [5, 5.41) is 1.75. The van der Waals surface area contributed by atoms with Crippen LogP contribution >= 0.6 is 27.3 Å². The Bertz CT molecular complexity index is 623. The molecule has 3 nitrogen and oxygen atoms in total. The van der Waals surface area contributed by atoms with E-state index >= 15 is 0 Å². The third kappa shape index (κ3) is 3.00. The van der Waals surface area contributed by atoms with Gasteiger partial charge in [0.1, 0.15) is 4.21 Å². The molecule has 0 unspecified atom stereocenters. The van der Waals surface area contributed by atoms with Crippen molar-refractivity contribution in [3.8, 4) is 0 Å². The molecular weight excluding hydrogens is 334 g/mol. The van der Waals surface area contributed by atoms with Gasteiger partial charge < -0.3 is 0 Å². The summed E-state index contributed by atoms with van der Waals surface area (Å²) < 4.78 is 28.0. The molecule has 1 heterocycles. The van der Waals surface area contributed by atoms with Gasteiger partial charge in [0.05, 0.1) is 0 Å². The lowest BCUT2D eigenvalue weighted by Crippen LogP contribution is -2.26. The third-order valence-electron chi connectivity index (χ3n) is 2.46. The monoisotopic (exact) mass is 345 g/mol. The molecule has 1 aromatic carbocycles. The van der Waals surface area contributed by atoms with E-state index < -0.39 is 10.0 Å². The third-order valence-corrected chi connectivity index (χ3v) is 6.12. The lowest BCUT2D eigenvalue weighted by atomic mass is 10.1. The maximum absolute atomic E-state index is 12.1. The average molecular weight is 346 g/mol. The number of benzene rings is 1. The fraction of sp³-hybridized carbons (Fsp3) is 0.167. The minimum atomic E-state index is -3.43. The predicted octanol–water partition coefficient (Wildman–Crippen LogP) is 3.55. The zero-order valence-corrected chi connectivity index (χ0v) is 12.8. The van der Waals surface area contributed by atoms with E-state index in [4.69, 9.17) is 0 Å². The quantitative estimate of drug-likeness (QED) is 0.920. The van der Waals surface area contributed by atoms with Crippen LogP contribution in [0.15, 0.2) is 50.5 Å². The molecule has 0 saturated carbocycles. The number of hydrogen-bond donors (Lipinski definition) is 1. The Balaban J connectivity index is 2.23. The summed E-state index contributed by atoms with van der Waals surface area (Å²) in [5.41, 5.74) is 0.914. The molecule has 2 rings (SSSR count). The first-order valence-corrected chi connectivity index (χ1v) is 8.46. The van der Waals surface area contributed by atoms with Gasteiger partial charge >= 0.3 is 0 Å². The molecule has 0 amide bonds. The van der Waals surface area contributed by atoms with Crippen LogP contribution in [0.1, 0.15) is 18.5 Å². The van der Waals surface area contributed by atoms with Crippen molar-refractivity contribution in [3.05, 3.63) is 51.8 Å². The first-order valence-electron chi connectivity index (χ1n) is 5.31. The van der Waals surface area contributed by atoms with Gasteiger partial charge in [0.2, 0.25) is 0 Å². The van der Waals surface area contributed by atoms with E-state index in [0.717, 1.165) is 10.0 Å². The molecule has 6 heteroatoms. The van der Waals surface area contributed by atoms with Crippen LogP contribution in [0.3, 0.4) is 0 Å². The average Bonchev–Trinajstić information content (AvgIpc) is 2.82. The SMILES string of the molecule is C[C@H](NS(=O)(=O)c1cccs1)c1ccccc1Br. The van der Waals surface area contributed by atoms with Gasteiger partial charge in [0, 0.05) is 10.5 Å². The molecule has 0 saturated heterocycles. The van der Waals surface area contributed by atoms with Crippen LogP contribution in [-0.2, 0) is 10.0 Å². The van der Waals surface area contributed by atoms with E-state index in [1.54, 1.807) is 17.5 Å². The number of halogens is 1. The van der Waals surface area contributed by atoms with Crippen LogP contribution in [0, 0.1) is 0 Å². The van der Waals surface area contributed by atoms with E-state index in [2.05, 4.69) is 20.7 Å². The summed E-state index contributed by atoms with van der Waals surface area (Å²) in [6.07, 6.45) is 0. The molecule has 1 N–H and O–H groups in total. The second-order valence-corrected chi connectivity index (χ2v) is 7.54. The van der Waals surface area contributed by atoms with Crippen molar-refractivity contribution >= 4 is 37.3 Å². The molecule has 0 radical (unpaired) electrons. The Kier molecular flexibility index (Phi) is 4.21. The summed E-state index contributed by atoms with van der Waals surface area (Å²) >= 11 is 4.63. The van der Waals surface area contributed by atoms with E-state index in [9.17, 15) is 8.42 Å². The van der Waals surface area contributed by atoms with Gasteiger partial charge in [-0.25, -0.2) is 13.1 Å². The Hall–Kier alpha value is -0.690. The van der Waals surface area contributed by atoms with E-state index in [1.165, 1.54) is 11.3 Å². The number of hydrogen-bond acceptors (Lipinski definition) is 3. The van der Waals surface area contributed by atoms with Crippen molar-refractivity contribution in [1.82, 2.24) is 4.72 Å². The molecule has 1 aromatic heterocycles. The van der Waals surface area contributed by atoms with Gasteiger partial charge in [0.25, 0.3) is 10.0 Å². The van der Waals surface area contributed by atoms with Gasteiger partial charge in [-0.1, -0.05) is 40.2 Å². The van der Waals surface area contributed by atoms with E-state index in [0.29, 0.717) is 4.21 Å². The Morgan fingerprint density at radius 3 is 2.56 bits per heavy atom. The largest absolute Gasteiger partial charge is 0.250 e. The second-order valence-electron chi connectivity index (χ2n) is 3.80. The summed E-state index contributed by atoms with van der Waals surface area (Å²) in [4.78, 5) is 0. The van der Waals surface area contributed by atoms with Crippen molar-refractivity contribution in [3.63, 3.8) is 0 Å². The molecule has 0 bridgehead atoms. The Morgan fingerprint density at radius 2 is 1.94 bits per heavy atom. The van der Waals surface area contributed by atoms with Crippen molar-refractivity contribution in [2.45, 2.75) is 17.2 Å². The van der Waals surface area contributed by atoms with Gasteiger partial charge in [-0.2, -0.15) is 0 Å². The summed E-state index contributed by atoms with van der Waals surface area (Å²) in [6.45, 7) is 1.82. The molecule has 96 valence electrons. The summed E-state index contributed by atoms with van der Waals surface area (Å²) in [7, 11) is -3.43. The molecule has 0 aliphatic rings. The number of thiophene rings is 1. The fourth-order valence-corrected chi connectivity index (χ4v) is 4.46. The molecule has 0 spiro atoms. The maximum atomic E-state index is 12.1. The molecule has 0 aliphatic heterocycles. The van der Waals surface area contributed by atoms with E-state index in [1.807, 2.05) is 31.2 Å². The van der Waals surface area contributed by atoms with Crippen LogP contribution in [0.25, 0.3) is 0 Å². The first kappa shape index (κ1) is 13.7. The van der Waals surface area contributed by atoms with Crippen LogP contribution in [-0.4, -0.2) is 8.42 Å². The maximum Gasteiger partial charge on any atom is 0.250 e. The highest BCUT2D eigenvalue weighted by molar-refractivity contribution is 9.10. The summed E-state index contributed by atoms with van der Waals surface area (Å²) in [6, 6.07) is 10.6. The highest BCUT2D eigenvalue weighted by atomic mass is 79.9. The zero-order chi connectivity index (χ0) is 13.2. The molecule has 1 atom stereocenters. The Labute approximate surface area is 119 Å². The fourth-order valence-electron chi connectivity index (χ4n) is 1.60. The Morgan fingerprint density at radius 1 is 1.22 bits per heavy atom. The minimum Gasteiger partial charge on any atom is -0.206 e. The van der Waals surface area contributed by atoms with Crippen molar-refractivity contribution in [2.75, 3.05) is 0 Å². The molecule has 0 aliphatic carbocycles. The number of nitrogens with one attached hydrogen (secondary N) is 1. The molecule has 0 fully saturated rings. The molecular formula is C12H12BrNO2S2. The zero-order valence-electron chi connectivity index (χ0n) is 9.63. The minimum absolute atomic E-state index is 0.285. The van der Waals surface area contributed by atoms with Gasteiger partial charge in [-0.15, -0.1) is 11.3 Å². The van der Waals surface area contributed by atoms with Crippen LogP contribution in [0.4, 0.5) is 0 Å². The van der Waals surface area contributed by atoms with Crippen molar-refractivity contribution in [2.24, 2.45) is 0 Å². The highest BCUT2D eigenvalue weighted by Crippen LogP contribution is 2.25. The van der Waals surface area contributed by atoms with Crippen molar-refractivity contribution < 1.29 is 8.42 Å². The van der Waals surface area contributed by atoms with Gasteiger partial charge in [-0.05, 0) is 30.0 Å². The van der Waals surface area contributed by atoms with Crippen LogP contribution < -0.4 is 4.72 Å². The van der Waals surface area contributed by atoms with E-state index in [-0.39, 0.29) is 6.04 Å². The van der Waals surface area contributed by atoms with Gasteiger partial charge in [0.15, 0.2) is 0 Å². The standard InChI is InChI=1S/C12H12BrNO2S2/c1-9(10-5-2-3-6-11(10)13)14-18(15,16)12-7-4-8-17-12/h2-9,14H,1H3/t9-/m0/s1. The molecule has 2 aromatic rings.